The highest BCUT2D eigenvalue weighted by atomic mass is 19.1. The minimum Gasteiger partial charge on any atom is -0.497 e. The van der Waals surface area contributed by atoms with Crippen molar-refractivity contribution in [3.05, 3.63) is 65.8 Å². The Morgan fingerprint density at radius 1 is 1.21 bits per heavy atom. The van der Waals surface area contributed by atoms with Crippen LogP contribution < -0.4 is 4.74 Å². The highest BCUT2D eigenvalue weighted by molar-refractivity contribution is 5.89. The second kappa shape index (κ2) is 6.91. The number of methoxy groups -OCH3 is 1. The number of ether oxygens (including phenoxy) is 2. The van der Waals surface area contributed by atoms with E-state index in [0.717, 1.165) is 0 Å². The fourth-order valence-corrected chi connectivity index (χ4v) is 1.99. The van der Waals surface area contributed by atoms with Crippen LogP contribution in [0.5, 0.6) is 5.75 Å². The van der Waals surface area contributed by atoms with E-state index in [1.807, 2.05) is 6.07 Å². The molecule has 0 radical (unpaired) electrons. The van der Waals surface area contributed by atoms with Gasteiger partial charge in [-0.15, -0.1) is 0 Å². The van der Waals surface area contributed by atoms with E-state index in [1.165, 1.54) is 24.3 Å². The van der Waals surface area contributed by atoms with Crippen LogP contribution in [0.1, 0.15) is 16.2 Å². The summed E-state index contributed by atoms with van der Waals surface area (Å²) < 4.78 is 28.1. The average molecular weight is 328 g/mol. The summed E-state index contributed by atoms with van der Waals surface area (Å²) >= 11 is 0. The minimum absolute atomic E-state index is 0.156. The molecule has 0 aliphatic rings. The average Bonchev–Trinajstić information content (AvgIpc) is 3.09. The smallest absolute Gasteiger partial charge is 0.338 e. The number of hydrogen-bond donors (Lipinski definition) is 0. The van der Waals surface area contributed by atoms with Gasteiger partial charge in [-0.25, -0.2) is 9.18 Å². The molecule has 122 valence electrons. The third-order valence-electron chi connectivity index (χ3n) is 3.20. The molecule has 2 aromatic carbocycles. The molecule has 0 N–H and O–H groups in total. The molecule has 0 atom stereocenters. The Morgan fingerprint density at radius 2 is 2.00 bits per heavy atom. The molecule has 1 heterocycles. The zero-order chi connectivity index (χ0) is 16.9. The zero-order valence-electron chi connectivity index (χ0n) is 12.7. The molecular weight excluding hydrogens is 315 g/mol. The summed E-state index contributed by atoms with van der Waals surface area (Å²) in [4.78, 5) is 16.0. The second-order valence-electron chi connectivity index (χ2n) is 4.83. The lowest BCUT2D eigenvalue weighted by molar-refractivity contribution is 0.0430. The standard InChI is InChI=1S/C17H13FN2O4/c1-22-14-4-2-3-12(9-14)16-19-15(24-20-16)10-23-17(21)11-5-7-13(18)8-6-11/h2-9H,10H2,1H3. The van der Waals surface area contributed by atoms with Crippen LogP contribution in [0.4, 0.5) is 4.39 Å². The molecule has 0 aliphatic heterocycles. The zero-order valence-corrected chi connectivity index (χ0v) is 12.7. The number of aromatic nitrogens is 2. The predicted octanol–water partition coefficient (Wildman–Crippen LogP) is 3.24. The van der Waals surface area contributed by atoms with Crippen molar-refractivity contribution in [3.63, 3.8) is 0 Å². The van der Waals surface area contributed by atoms with Gasteiger partial charge in [0.05, 0.1) is 12.7 Å². The van der Waals surface area contributed by atoms with Gasteiger partial charge in [-0.05, 0) is 36.4 Å². The third-order valence-corrected chi connectivity index (χ3v) is 3.20. The first-order valence-corrected chi connectivity index (χ1v) is 7.05. The Bertz CT molecular complexity index is 846. The molecule has 0 saturated carbocycles. The van der Waals surface area contributed by atoms with Gasteiger partial charge in [-0.3, -0.25) is 0 Å². The van der Waals surface area contributed by atoms with Crippen LogP contribution >= 0.6 is 0 Å². The highest BCUT2D eigenvalue weighted by Crippen LogP contribution is 2.21. The maximum absolute atomic E-state index is 12.8. The molecule has 7 heteroatoms. The van der Waals surface area contributed by atoms with Gasteiger partial charge in [0.1, 0.15) is 11.6 Å². The van der Waals surface area contributed by atoms with Crippen LogP contribution in [-0.4, -0.2) is 23.2 Å². The van der Waals surface area contributed by atoms with Gasteiger partial charge >= 0.3 is 5.97 Å². The lowest BCUT2D eigenvalue weighted by Crippen LogP contribution is -2.05. The summed E-state index contributed by atoms with van der Waals surface area (Å²) in [6.45, 7) is -0.173. The molecule has 6 nitrogen and oxygen atoms in total. The van der Waals surface area contributed by atoms with E-state index in [4.69, 9.17) is 14.0 Å². The number of benzene rings is 2. The van der Waals surface area contributed by atoms with Gasteiger partial charge in [0.2, 0.25) is 5.82 Å². The summed E-state index contributed by atoms with van der Waals surface area (Å²) in [7, 11) is 1.57. The fraction of sp³-hybridized carbons (Fsp3) is 0.118. The predicted molar refractivity (Wildman–Crippen MR) is 81.8 cm³/mol. The number of esters is 1. The van der Waals surface area contributed by atoms with Gasteiger partial charge in [0, 0.05) is 5.56 Å². The van der Waals surface area contributed by atoms with Crippen molar-refractivity contribution < 1.29 is 23.2 Å². The lowest BCUT2D eigenvalue weighted by atomic mass is 10.2. The van der Waals surface area contributed by atoms with E-state index >= 15 is 0 Å². The monoisotopic (exact) mass is 328 g/mol. The van der Waals surface area contributed by atoms with Crippen molar-refractivity contribution in [2.75, 3.05) is 7.11 Å². The SMILES string of the molecule is COc1cccc(-c2noc(COC(=O)c3ccc(F)cc3)n2)c1. The lowest BCUT2D eigenvalue weighted by Gasteiger charge is -2.01. The van der Waals surface area contributed by atoms with Crippen LogP contribution in [-0.2, 0) is 11.3 Å². The Labute approximate surface area is 136 Å². The van der Waals surface area contributed by atoms with Gasteiger partial charge < -0.3 is 14.0 Å². The van der Waals surface area contributed by atoms with Crippen molar-refractivity contribution in [3.8, 4) is 17.1 Å². The Kier molecular flexibility index (Phi) is 4.51. The van der Waals surface area contributed by atoms with Crippen LogP contribution in [0.25, 0.3) is 11.4 Å². The molecule has 0 spiro atoms. The summed E-state index contributed by atoms with van der Waals surface area (Å²) in [5.41, 5.74) is 0.957. The van der Waals surface area contributed by atoms with E-state index in [2.05, 4.69) is 10.1 Å². The largest absolute Gasteiger partial charge is 0.497 e. The topological polar surface area (TPSA) is 74.5 Å². The number of carbonyl (C=O) groups is 1. The van der Waals surface area contributed by atoms with Gasteiger partial charge in [0.25, 0.3) is 5.89 Å². The number of carbonyl (C=O) groups excluding carboxylic acids is 1. The molecule has 1 aromatic heterocycles. The molecule has 0 amide bonds. The van der Waals surface area contributed by atoms with Crippen molar-refractivity contribution in [1.82, 2.24) is 10.1 Å². The Hall–Kier alpha value is -3.22. The van der Waals surface area contributed by atoms with Crippen molar-refractivity contribution >= 4 is 5.97 Å². The molecule has 3 aromatic rings. The summed E-state index contributed by atoms with van der Waals surface area (Å²) in [6.07, 6.45) is 0. The van der Waals surface area contributed by atoms with Gasteiger partial charge in [-0.2, -0.15) is 4.98 Å². The van der Waals surface area contributed by atoms with E-state index in [0.29, 0.717) is 17.1 Å². The molecule has 0 fully saturated rings. The maximum Gasteiger partial charge on any atom is 0.338 e. The molecule has 0 saturated heterocycles. The first kappa shape index (κ1) is 15.7. The first-order chi connectivity index (χ1) is 11.7. The van der Waals surface area contributed by atoms with Crippen LogP contribution in [0.2, 0.25) is 0 Å². The van der Waals surface area contributed by atoms with Crippen LogP contribution in [0, 0.1) is 5.82 Å². The van der Waals surface area contributed by atoms with Gasteiger partial charge in [-0.1, -0.05) is 17.3 Å². The Morgan fingerprint density at radius 3 is 2.75 bits per heavy atom. The molecule has 0 unspecified atom stereocenters. The van der Waals surface area contributed by atoms with Crippen LogP contribution in [0.15, 0.2) is 53.1 Å². The normalized spacial score (nSPS) is 10.4. The number of halogens is 1. The minimum atomic E-state index is -0.601. The second-order valence-corrected chi connectivity index (χ2v) is 4.83. The highest BCUT2D eigenvalue weighted by Gasteiger charge is 2.13. The van der Waals surface area contributed by atoms with Crippen molar-refractivity contribution in [1.29, 1.82) is 0 Å². The fourth-order valence-electron chi connectivity index (χ4n) is 1.99. The van der Waals surface area contributed by atoms with E-state index < -0.39 is 11.8 Å². The summed E-state index contributed by atoms with van der Waals surface area (Å²) in [6, 6.07) is 12.2. The summed E-state index contributed by atoms with van der Waals surface area (Å²) in [5, 5.41) is 3.84. The Balaban J connectivity index is 1.65. The van der Waals surface area contributed by atoms with E-state index in [-0.39, 0.29) is 18.1 Å². The quantitative estimate of drug-likeness (QED) is 0.669. The third kappa shape index (κ3) is 3.57. The molecule has 3 rings (SSSR count). The molecule has 0 bridgehead atoms. The molecule has 0 aliphatic carbocycles. The summed E-state index contributed by atoms with van der Waals surface area (Å²) in [5.74, 6) is 0.161. The first-order valence-electron chi connectivity index (χ1n) is 7.05. The van der Waals surface area contributed by atoms with E-state index in [1.54, 1.807) is 25.3 Å². The number of nitrogens with zero attached hydrogens (tertiary/aromatic N) is 2. The van der Waals surface area contributed by atoms with Gasteiger partial charge in [0.15, 0.2) is 6.61 Å². The van der Waals surface area contributed by atoms with Crippen molar-refractivity contribution in [2.24, 2.45) is 0 Å². The molecule has 24 heavy (non-hydrogen) atoms. The van der Waals surface area contributed by atoms with E-state index in [9.17, 15) is 9.18 Å². The number of hydrogen-bond acceptors (Lipinski definition) is 6. The maximum atomic E-state index is 12.8. The van der Waals surface area contributed by atoms with Crippen LogP contribution in [0.3, 0.4) is 0 Å². The molecular formula is C17H13FN2O4. The van der Waals surface area contributed by atoms with Crippen molar-refractivity contribution in [2.45, 2.75) is 6.61 Å². The number of rotatable bonds is 5.